The highest BCUT2D eigenvalue weighted by atomic mass is 16.3. The second-order valence-electron chi connectivity index (χ2n) is 3.24. The van der Waals surface area contributed by atoms with Crippen LogP contribution in [0.25, 0.3) is 6.08 Å². The van der Waals surface area contributed by atoms with Crippen molar-refractivity contribution < 1.29 is 9.90 Å². The molecule has 1 rings (SSSR count). The topological polar surface area (TPSA) is 37.3 Å². The zero-order valence-electron chi connectivity index (χ0n) is 8.18. The number of rotatable bonds is 4. The lowest BCUT2D eigenvalue weighted by molar-refractivity contribution is -0.118. The SMILES string of the molecule is CC(=O)C[C@@H](O)/C=C/c1ccccc1. The Labute approximate surface area is 83.9 Å². The van der Waals surface area contributed by atoms with Gasteiger partial charge in [-0.05, 0) is 12.5 Å². The number of carbonyl (C=O) groups excluding carboxylic acids is 1. The Morgan fingerprint density at radius 3 is 2.64 bits per heavy atom. The van der Waals surface area contributed by atoms with E-state index in [1.165, 1.54) is 6.92 Å². The molecule has 0 saturated heterocycles. The zero-order valence-corrected chi connectivity index (χ0v) is 8.18. The van der Waals surface area contributed by atoms with Crippen LogP contribution < -0.4 is 0 Å². The van der Waals surface area contributed by atoms with Gasteiger partial charge in [0, 0.05) is 6.42 Å². The Kier molecular flexibility index (Phi) is 4.08. The minimum Gasteiger partial charge on any atom is -0.389 e. The molecule has 2 heteroatoms. The first-order valence-electron chi connectivity index (χ1n) is 4.59. The van der Waals surface area contributed by atoms with Gasteiger partial charge in [-0.3, -0.25) is 4.79 Å². The third-order valence-corrected chi connectivity index (χ3v) is 1.81. The molecule has 0 heterocycles. The summed E-state index contributed by atoms with van der Waals surface area (Å²) in [6.07, 6.45) is 2.96. The molecule has 0 fully saturated rings. The minimum absolute atomic E-state index is 0.00443. The summed E-state index contributed by atoms with van der Waals surface area (Å²) in [5.41, 5.74) is 1.02. The molecule has 0 aliphatic heterocycles. The van der Waals surface area contributed by atoms with Gasteiger partial charge in [-0.2, -0.15) is 0 Å². The number of Topliss-reactive ketones (excluding diaryl/α,β-unsaturated/α-hetero) is 1. The molecule has 0 saturated carbocycles. The van der Waals surface area contributed by atoms with E-state index in [-0.39, 0.29) is 12.2 Å². The van der Waals surface area contributed by atoms with Gasteiger partial charge in [0.2, 0.25) is 0 Å². The van der Waals surface area contributed by atoms with Crippen molar-refractivity contribution in [2.75, 3.05) is 0 Å². The third-order valence-electron chi connectivity index (χ3n) is 1.81. The van der Waals surface area contributed by atoms with Crippen molar-refractivity contribution >= 4 is 11.9 Å². The van der Waals surface area contributed by atoms with Crippen LogP contribution in [-0.2, 0) is 4.79 Å². The van der Waals surface area contributed by atoms with E-state index in [2.05, 4.69) is 0 Å². The molecule has 0 aliphatic carbocycles. The first-order valence-corrected chi connectivity index (χ1v) is 4.59. The number of aliphatic hydroxyl groups is 1. The van der Waals surface area contributed by atoms with Crippen LogP contribution in [0.4, 0.5) is 0 Å². The molecule has 1 aromatic carbocycles. The van der Waals surface area contributed by atoms with E-state index < -0.39 is 6.10 Å². The molecule has 0 spiro atoms. The van der Waals surface area contributed by atoms with Crippen molar-refractivity contribution in [2.24, 2.45) is 0 Å². The summed E-state index contributed by atoms with van der Waals surface area (Å²) in [5, 5.41) is 9.37. The molecule has 1 aromatic rings. The van der Waals surface area contributed by atoms with Gasteiger partial charge >= 0.3 is 0 Å². The molecule has 0 amide bonds. The third kappa shape index (κ3) is 4.01. The van der Waals surface area contributed by atoms with Crippen molar-refractivity contribution in [2.45, 2.75) is 19.4 Å². The van der Waals surface area contributed by atoms with Gasteiger partial charge in [-0.1, -0.05) is 42.5 Å². The molecule has 2 nitrogen and oxygen atoms in total. The summed E-state index contributed by atoms with van der Waals surface area (Å²) < 4.78 is 0. The lowest BCUT2D eigenvalue weighted by atomic mass is 10.1. The Morgan fingerprint density at radius 1 is 1.43 bits per heavy atom. The molecular formula is C12H14O2. The lowest BCUT2D eigenvalue weighted by Crippen LogP contribution is -2.07. The highest BCUT2D eigenvalue weighted by Gasteiger charge is 2.01. The molecule has 1 atom stereocenters. The van der Waals surface area contributed by atoms with Crippen molar-refractivity contribution in [3.63, 3.8) is 0 Å². The van der Waals surface area contributed by atoms with Crippen molar-refractivity contribution in [1.82, 2.24) is 0 Å². The highest BCUT2D eigenvalue weighted by Crippen LogP contribution is 2.03. The van der Waals surface area contributed by atoms with Gasteiger partial charge in [-0.25, -0.2) is 0 Å². The molecule has 0 radical (unpaired) electrons. The average molecular weight is 190 g/mol. The first kappa shape index (κ1) is 10.7. The van der Waals surface area contributed by atoms with Crippen LogP contribution >= 0.6 is 0 Å². The molecule has 14 heavy (non-hydrogen) atoms. The summed E-state index contributed by atoms with van der Waals surface area (Å²) in [6.45, 7) is 1.47. The molecule has 1 N–H and O–H groups in total. The predicted molar refractivity (Wildman–Crippen MR) is 56.8 cm³/mol. The summed E-state index contributed by atoms with van der Waals surface area (Å²) in [5.74, 6) is -0.00443. The van der Waals surface area contributed by atoms with Gasteiger partial charge in [0.1, 0.15) is 5.78 Å². The van der Waals surface area contributed by atoms with E-state index in [0.717, 1.165) is 5.56 Å². The van der Waals surface area contributed by atoms with Crippen LogP contribution in [0, 0.1) is 0 Å². The molecule has 0 aliphatic rings. The zero-order chi connectivity index (χ0) is 10.4. The van der Waals surface area contributed by atoms with Crippen LogP contribution in [0.1, 0.15) is 18.9 Å². The largest absolute Gasteiger partial charge is 0.389 e. The Balaban J connectivity index is 2.52. The quantitative estimate of drug-likeness (QED) is 0.788. The summed E-state index contributed by atoms with van der Waals surface area (Å²) in [7, 11) is 0. The van der Waals surface area contributed by atoms with Gasteiger partial charge in [0.25, 0.3) is 0 Å². The fraction of sp³-hybridized carbons (Fsp3) is 0.250. The van der Waals surface area contributed by atoms with E-state index in [4.69, 9.17) is 0 Å². The second-order valence-corrected chi connectivity index (χ2v) is 3.24. The smallest absolute Gasteiger partial charge is 0.132 e. The Morgan fingerprint density at radius 2 is 2.07 bits per heavy atom. The van der Waals surface area contributed by atoms with E-state index in [1.54, 1.807) is 6.08 Å². The van der Waals surface area contributed by atoms with Gasteiger partial charge < -0.3 is 5.11 Å². The van der Waals surface area contributed by atoms with Crippen molar-refractivity contribution in [3.05, 3.63) is 42.0 Å². The standard InChI is InChI=1S/C12H14O2/c1-10(13)9-12(14)8-7-11-5-3-2-4-6-11/h2-8,12,14H,9H2,1H3/b8-7+/t12-/m0/s1. The molecule has 0 unspecified atom stereocenters. The van der Waals surface area contributed by atoms with Crippen LogP contribution in [0.3, 0.4) is 0 Å². The Hall–Kier alpha value is -1.41. The van der Waals surface area contributed by atoms with E-state index in [1.807, 2.05) is 36.4 Å². The molecule has 74 valence electrons. The first-order chi connectivity index (χ1) is 6.68. The van der Waals surface area contributed by atoms with Crippen molar-refractivity contribution in [3.8, 4) is 0 Å². The van der Waals surface area contributed by atoms with E-state index >= 15 is 0 Å². The highest BCUT2D eigenvalue weighted by molar-refractivity contribution is 5.76. The van der Waals surface area contributed by atoms with Crippen LogP contribution in [-0.4, -0.2) is 17.0 Å². The number of carbonyl (C=O) groups is 1. The average Bonchev–Trinajstić information content (AvgIpc) is 2.15. The number of ketones is 1. The molecule has 0 bridgehead atoms. The number of aliphatic hydroxyl groups excluding tert-OH is 1. The summed E-state index contributed by atoms with van der Waals surface area (Å²) >= 11 is 0. The predicted octanol–water partition coefficient (Wildman–Crippen LogP) is 2.04. The maximum absolute atomic E-state index is 10.7. The van der Waals surface area contributed by atoms with E-state index in [9.17, 15) is 9.90 Å². The Bertz CT molecular complexity index is 314. The van der Waals surface area contributed by atoms with Gasteiger partial charge in [-0.15, -0.1) is 0 Å². The van der Waals surface area contributed by atoms with Crippen LogP contribution in [0.2, 0.25) is 0 Å². The number of hydrogen-bond acceptors (Lipinski definition) is 2. The van der Waals surface area contributed by atoms with Crippen LogP contribution in [0.5, 0.6) is 0 Å². The second kappa shape index (κ2) is 5.35. The lowest BCUT2D eigenvalue weighted by Gasteiger charge is -2.00. The van der Waals surface area contributed by atoms with Crippen molar-refractivity contribution in [1.29, 1.82) is 0 Å². The monoisotopic (exact) mass is 190 g/mol. The maximum Gasteiger partial charge on any atom is 0.132 e. The maximum atomic E-state index is 10.7. The van der Waals surface area contributed by atoms with Crippen LogP contribution in [0.15, 0.2) is 36.4 Å². The van der Waals surface area contributed by atoms with E-state index in [0.29, 0.717) is 0 Å². The fourth-order valence-electron chi connectivity index (χ4n) is 1.15. The number of benzene rings is 1. The summed E-state index contributed by atoms with van der Waals surface area (Å²) in [4.78, 5) is 10.7. The summed E-state index contributed by atoms with van der Waals surface area (Å²) in [6, 6.07) is 9.67. The fourth-order valence-corrected chi connectivity index (χ4v) is 1.15. The van der Waals surface area contributed by atoms with Gasteiger partial charge in [0.15, 0.2) is 0 Å². The normalized spacial score (nSPS) is 13.0. The molecule has 0 aromatic heterocycles. The minimum atomic E-state index is -0.673. The van der Waals surface area contributed by atoms with Gasteiger partial charge in [0.05, 0.1) is 6.10 Å². The molecular weight excluding hydrogens is 176 g/mol. The number of hydrogen-bond donors (Lipinski definition) is 1.